The molecule has 1 aliphatic rings. The molecule has 3 rings (SSSR count). The molecule has 1 unspecified atom stereocenters. The van der Waals surface area contributed by atoms with Crippen molar-refractivity contribution >= 4 is 28.9 Å². The fraction of sp³-hybridized carbons (Fsp3) is 0.458. The summed E-state index contributed by atoms with van der Waals surface area (Å²) in [5, 5.41) is 3.00. The van der Waals surface area contributed by atoms with Gasteiger partial charge in [-0.3, -0.25) is 4.79 Å². The molecule has 33 heavy (non-hydrogen) atoms. The summed E-state index contributed by atoms with van der Waals surface area (Å²) < 4.78 is 44.5. The molecule has 2 aromatic carbocycles. The van der Waals surface area contributed by atoms with Crippen LogP contribution in [0.1, 0.15) is 26.3 Å². The molecule has 1 atom stereocenters. The number of carbonyl (C=O) groups is 1. The second kappa shape index (κ2) is 10.5. The van der Waals surface area contributed by atoms with E-state index in [1.54, 1.807) is 4.90 Å². The first-order valence-corrected chi connectivity index (χ1v) is 11.4. The molecule has 180 valence electrons. The highest BCUT2D eigenvalue weighted by atomic mass is 35.5. The van der Waals surface area contributed by atoms with Crippen LogP contribution in [-0.4, -0.2) is 49.6 Å². The minimum atomic E-state index is -4.48. The number of nitrogens with zero attached hydrogens (tertiary/aromatic N) is 2. The molecule has 0 spiro atoms. The highest BCUT2D eigenvalue weighted by Crippen LogP contribution is 2.34. The second-order valence-electron chi connectivity index (χ2n) is 8.27. The maximum Gasteiger partial charge on any atom is 0.416 e. The largest absolute Gasteiger partial charge is 0.492 e. The third-order valence-electron chi connectivity index (χ3n) is 5.64. The van der Waals surface area contributed by atoms with Crippen molar-refractivity contribution in [2.24, 2.45) is 5.92 Å². The highest BCUT2D eigenvalue weighted by molar-refractivity contribution is 6.33. The number of rotatable bonds is 7. The fourth-order valence-electron chi connectivity index (χ4n) is 3.85. The number of para-hydroxylation sites is 2. The Morgan fingerprint density at radius 2 is 1.79 bits per heavy atom. The van der Waals surface area contributed by atoms with Crippen LogP contribution in [0, 0.1) is 5.92 Å². The Morgan fingerprint density at radius 3 is 2.36 bits per heavy atom. The number of nitrogens with one attached hydrogen (secondary N) is 1. The third-order valence-corrected chi connectivity index (χ3v) is 5.95. The van der Waals surface area contributed by atoms with Crippen molar-refractivity contribution in [1.82, 2.24) is 4.90 Å². The van der Waals surface area contributed by atoms with Gasteiger partial charge < -0.3 is 19.9 Å². The summed E-state index contributed by atoms with van der Waals surface area (Å²) in [4.78, 5) is 17.3. The van der Waals surface area contributed by atoms with E-state index in [9.17, 15) is 18.0 Å². The van der Waals surface area contributed by atoms with Crippen LogP contribution in [-0.2, 0) is 11.0 Å². The molecule has 1 fully saturated rings. The molecule has 0 bridgehead atoms. The SMILES string of the molecule is CCOc1ccccc1N1CCN(C(=O)C(Nc2ccc(C(F)(F)F)cc2Cl)C(C)C)CC1. The predicted octanol–water partition coefficient (Wildman–Crippen LogP) is 5.54. The van der Waals surface area contributed by atoms with Crippen LogP contribution in [0.25, 0.3) is 0 Å². The van der Waals surface area contributed by atoms with E-state index in [4.69, 9.17) is 16.3 Å². The zero-order valence-electron chi connectivity index (χ0n) is 19.0. The van der Waals surface area contributed by atoms with E-state index < -0.39 is 17.8 Å². The monoisotopic (exact) mass is 483 g/mol. The molecule has 1 amide bonds. The van der Waals surface area contributed by atoms with Gasteiger partial charge in [0.05, 0.1) is 28.6 Å². The van der Waals surface area contributed by atoms with Crippen LogP contribution in [0.15, 0.2) is 42.5 Å². The number of hydrogen-bond acceptors (Lipinski definition) is 4. The quantitative estimate of drug-likeness (QED) is 0.561. The molecule has 5 nitrogen and oxygen atoms in total. The number of ether oxygens (including phenoxy) is 1. The average molecular weight is 484 g/mol. The van der Waals surface area contributed by atoms with Crippen LogP contribution in [0.3, 0.4) is 0 Å². The Balaban J connectivity index is 1.68. The molecular weight excluding hydrogens is 455 g/mol. The lowest BCUT2D eigenvalue weighted by Gasteiger charge is -2.39. The minimum Gasteiger partial charge on any atom is -0.492 e. The lowest BCUT2D eigenvalue weighted by atomic mass is 10.0. The number of carbonyl (C=O) groups excluding carboxylic acids is 1. The van der Waals surface area contributed by atoms with Gasteiger partial charge in [-0.25, -0.2) is 0 Å². The molecule has 0 aliphatic carbocycles. The molecule has 1 saturated heterocycles. The summed E-state index contributed by atoms with van der Waals surface area (Å²) >= 11 is 6.10. The van der Waals surface area contributed by atoms with Gasteiger partial charge in [0.25, 0.3) is 0 Å². The molecule has 2 aromatic rings. The van der Waals surface area contributed by atoms with Gasteiger partial charge in [-0.2, -0.15) is 13.2 Å². The summed E-state index contributed by atoms with van der Waals surface area (Å²) in [6.07, 6.45) is -4.48. The van der Waals surface area contributed by atoms with Crippen molar-refractivity contribution < 1.29 is 22.7 Å². The summed E-state index contributed by atoms with van der Waals surface area (Å²) in [7, 11) is 0. The summed E-state index contributed by atoms with van der Waals surface area (Å²) in [5.41, 5.74) is 0.483. The lowest BCUT2D eigenvalue weighted by Crippen LogP contribution is -2.54. The van der Waals surface area contributed by atoms with E-state index in [1.807, 2.05) is 45.0 Å². The van der Waals surface area contributed by atoms with Gasteiger partial charge in [-0.05, 0) is 43.2 Å². The van der Waals surface area contributed by atoms with Gasteiger partial charge in [-0.1, -0.05) is 37.6 Å². The smallest absolute Gasteiger partial charge is 0.416 e. The predicted molar refractivity (Wildman–Crippen MR) is 125 cm³/mol. The zero-order valence-corrected chi connectivity index (χ0v) is 19.7. The van der Waals surface area contributed by atoms with Gasteiger partial charge in [0, 0.05) is 26.2 Å². The minimum absolute atomic E-state index is 0.0689. The van der Waals surface area contributed by atoms with E-state index in [0.29, 0.717) is 38.5 Å². The molecule has 9 heteroatoms. The third kappa shape index (κ3) is 6.05. The Hall–Kier alpha value is -2.61. The van der Waals surface area contributed by atoms with Crippen LogP contribution in [0.5, 0.6) is 5.75 Å². The van der Waals surface area contributed by atoms with E-state index in [-0.39, 0.29) is 16.8 Å². The number of hydrogen-bond donors (Lipinski definition) is 1. The van der Waals surface area contributed by atoms with Gasteiger partial charge in [0.15, 0.2) is 0 Å². The molecular formula is C24H29ClF3N3O2. The van der Waals surface area contributed by atoms with Crippen molar-refractivity contribution in [2.75, 3.05) is 43.0 Å². The second-order valence-corrected chi connectivity index (χ2v) is 8.68. The van der Waals surface area contributed by atoms with Crippen molar-refractivity contribution in [3.8, 4) is 5.75 Å². The fourth-order valence-corrected chi connectivity index (χ4v) is 4.09. The molecule has 0 saturated carbocycles. The molecule has 1 aliphatic heterocycles. The zero-order chi connectivity index (χ0) is 24.2. The normalized spacial score (nSPS) is 15.5. The van der Waals surface area contributed by atoms with Crippen LogP contribution in [0.4, 0.5) is 24.5 Å². The Bertz CT molecular complexity index is 960. The Morgan fingerprint density at radius 1 is 1.12 bits per heavy atom. The summed E-state index contributed by atoms with van der Waals surface area (Å²) in [6, 6.07) is 10.3. The number of piperazine rings is 1. The van der Waals surface area contributed by atoms with Gasteiger partial charge in [0.1, 0.15) is 11.8 Å². The molecule has 1 N–H and O–H groups in total. The Labute approximate surface area is 197 Å². The maximum absolute atomic E-state index is 13.3. The first kappa shape index (κ1) is 25.0. The first-order chi connectivity index (χ1) is 15.6. The van der Waals surface area contributed by atoms with Crippen molar-refractivity contribution in [3.05, 3.63) is 53.1 Å². The first-order valence-electron chi connectivity index (χ1n) is 11.0. The lowest BCUT2D eigenvalue weighted by molar-refractivity contribution is -0.137. The molecule has 0 radical (unpaired) electrons. The van der Waals surface area contributed by atoms with E-state index in [2.05, 4.69) is 10.2 Å². The number of halogens is 4. The van der Waals surface area contributed by atoms with E-state index in [1.165, 1.54) is 6.07 Å². The van der Waals surface area contributed by atoms with Gasteiger partial charge in [0.2, 0.25) is 5.91 Å². The summed E-state index contributed by atoms with van der Waals surface area (Å²) in [6.45, 7) is 8.67. The topological polar surface area (TPSA) is 44.8 Å². The Kier molecular flexibility index (Phi) is 8.00. The molecule has 0 aromatic heterocycles. The highest BCUT2D eigenvalue weighted by Gasteiger charge is 2.33. The summed E-state index contributed by atoms with van der Waals surface area (Å²) in [5.74, 6) is 0.629. The average Bonchev–Trinajstić information content (AvgIpc) is 2.77. The number of benzene rings is 2. The maximum atomic E-state index is 13.3. The standard InChI is InChI=1S/C24H29ClF3N3O2/c1-4-33-21-8-6-5-7-20(21)30-11-13-31(14-12-30)23(32)22(16(2)3)29-19-10-9-17(15-18(19)25)24(26,27)28/h5-10,15-16,22,29H,4,11-14H2,1-3H3. The number of anilines is 2. The number of alkyl halides is 3. The van der Waals surface area contributed by atoms with E-state index >= 15 is 0 Å². The van der Waals surface area contributed by atoms with E-state index in [0.717, 1.165) is 23.6 Å². The van der Waals surface area contributed by atoms with Gasteiger partial charge in [-0.15, -0.1) is 0 Å². The molecule has 1 heterocycles. The van der Waals surface area contributed by atoms with Crippen LogP contribution >= 0.6 is 11.6 Å². The van der Waals surface area contributed by atoms with Crippen LogP contribution < -0.4 is 15.0 Å². The van der Waals surface area contributed by atoms with Gasteiger partial charge >= 0.3 is 6.18 Å². The van der Waals surface area contributed by atoms with Crippen LogP contribution in [0.2, 0.25) is 5.02 Å². The van der Waals surface area contributed by atoms with Crippen molar-refractivity contribution in [3.63, 3.8) is 0 Å². The van der Waals surface area contributed by atoms with Crippen molar-refractivity contribution in [1.29, 1.82) is 0 Å². The number of amides is 1. The van der Waals surface area contributed by atoms with Crippen molar-refractivity contribution in [2.45, 2.75) is 33.0 Å².